The van der Waals surface area contributed by atoms with Gasteiger partial charge >= 0.3 is 5.97 Å². The van der Waals surface area contributed by atoms with Crippen molar-refractivity contribution < 1.29 is 19.1 Å². The fraction of sp³-hybridized carbons (Fsp3) is 0.500. The summed E-state index contributed by atoms with van der Waals surface area (Å²) in [5.74, 6) is -0.783. The number of amides is 1. The number of esters is 1. The maximum atomic E-state index is 11.8. The molecule has 1 aliphatic rings. The Labute approximate surface area is 124 Å². The van der Waals surface area contributed by atoms with Crippen molar-refractivity contribution in [2.45, 2.75) is 32.3 Å². The number of rotatable bonds is 6. The van der Waals surface area contributed by atoms with Crippen molar-refractivity contribution in [3.63, 3.8) is 0 Å². The first kappa shape index (κ1) is 15.5. The molecule has 21 heavy (non-hydrogen) atoms. The van der Waals surface area contributed by atoms with Gasteiger partial charge in [0, 0.05) is 13.2 Å². The van der Waals surface area contributed by atoms with E-state index in [1.54, 1.807) is 12.1 Å². The van der Waals surface area contributed by atoms with Gasteiger partial charge in [0.2, 0.25) is 0 Å². The second kappa shape index (κ2) is 7.78. The first-order chi connectivity index (χ1) is 10.2. The minimum atomic E-state index is -0.482. The molecule has 5 nitrogen and oxygen atoms in total. The van der Waals surface area contributed by atoms with Gasteiger partial charge in [0.05, 0.1) is 11.7 Å². The van der Waals surface area contributed by atoms with E-state index in [4.69, 9.17) is 9.47 Å². The Balaban J connectivity index is 1.70. The summed E-state index contributed by atoms with van der Waals surface area (Å²) in [6.45, 7) is 3.01. The lowest BCUT2D eigenvalue weighted by Gasteiger charge is -2.11. The molecule has 1 saturated heterocycles. The molecule has 1 aromatic rings. The van der Waals surface area contributed by atoms with E-state index in [0.29, 0.717) is 12.1 Å². The van der Waals surface area contributed by atoms with Gasteiger partial charge in [0.1, 0.15) is 0 Å². The number of benzene rings is 1. The van der Waals surface area contributed by atoms with Crippen LogP contribution in [0.15, 0.2) is 24.3 Å². The lowest BCUT2D eigenvalue weighted by molar-refractivity contribution is -0.124. The van der Waals surface area contributed by atoms with Gasteiger partial charge in [0.25, 0.3) is 5.91 Å². The molecule has 0 saturated carbocycles. The van der Waals surface area contributed by atoms with Crippen LogP contribution in [-0.2, 0) is 20.7 Å². The van der Waals surface area contributed by atoms with Crippen molar-refractivity contribution in [1.29, 1.82) is 0 Å². The average Bonchev–Trinajstić information content (AvgIpc) is 3.04. The van der Waals surface area contributed by atoms with Crippen molar-refractivity contribution in [3.05, 3.63) is 35.4 Å². The highest BCUT2D eigenvalue weighted by atomic mass is 16.5. The molecule has 0 bridgehead atoms. The smallest absolute Gasteiger partial charge is 0.338 e. The van der Waals surface area contributed by atoms with Gasteiger partial charge in [-0.2, -0.15) is 0 Å². The molecule has 1 N–H and O–H groups in total. The highest BCUT2D eigenvalue weighted by molar-refractivity contribution is 5.91. The van der Waals surface area contributed by atoms with Gasteiger partial charge in [0.15, 0.2) is 6.61 Å². The van der Waals surface area contributed by atoms with E-state index in [2.05, 4.69) is 5.32 Å². The van der Waals surface area contributed by atoms with Crippen molar-refractivity contribution in [3.8, 4) is 0 Å². The minimum Gasteiger partial charge on any atom is -0.452 e. The van der Waals surface area contributed by atoms with E-state index in [1.807, 2.05) is 19.1 Å². The van der Waals surface area contributed by atoms with Crippen LogP contribution in [0.4, 0.5) is 0 Å². The zero-order valence-electron chi connectivity index (χ0n) is 12.3. The maximum Gasteiger partial charge on any atom is 0.338 e. The second-order valence-electron chi connectivity index (χ2n) is 5.07. The van der Waals surface area contributed by atoms with Crippen LogP contribution in [0.1, 0.15) is 35.7 Å². The van der Waals surface area contributed by atoms with Crippen molar-refractivity contribution in [2.24, 2.45) is 0 Å². The zero-order valence-corrected chi connectivity index (χ0v) is 12.3. The van der Waals surface area contributed by atoms with Crippen molar-refractivity contribution >= 4 is 11.9 Å². The van der Waals surface area contributed by atoms with E-state index in [-0.39, 0.29) is 18.6 Å². The highest BCUT2D eigenvalue weighted by Crippen LogP contribution is 2.10. The van der Waals surface area contributed by atoms with Crippen LogP contribution in [0.3, 0.4) is 0 Å². The van der Waals surface area contributed by atoms with Crippen molar-refractivity contribution in [1.82, 2.24) is 5.32 Å². The molecule has 114 valence electrons. The van der Waals surface area contributed by atoms with Gasteiger partial charge in [-0.1, -0.05) is 19.1 Å². The molecule has 0 radical (unpaired) electrons. The van der Waals surface area contributed by atoms with Gasteiger partial charge in [-0.05, 0) is 37.0 Å². The lowest BCUT2D eigenvalue weighted by Crippen LogP contribution is -2.34. The van der Waals surface area contributed by atoms with Crippen LogP contribution in [0.2, 0.25) is 0 Å². The molecule has 1 aliphatic heterocycles. The van der Waals surface area contributed by atoms with Crippen LogP contribution in [-0.4, -0.2) is 37.7 Å². The van der Waals surface area contributed by atoms with Crippen molar-refractivity contribution in [2.75, 3.05) is 19.8 Å². The monoisotopic (exact) mass is 291 g/mol. The first-order valence-corrected chi connectivity index (χ1v) is 7.33. The number of carbonyl (C=O) groups excluding carboxylic acids is 2. The van der Waals surface area contributed by atoms with E-state index >= 15 is 0 Å². The summed E-state index contributed by atoms with van der Waals surface area (Å²) in [7, 11) is 0. The third-order valence-electron chi connectivity index (χ3n) is 3.48. The summed E-state index contributed by atoms with van der Waals surface area (Å²) in [5.41, 5.74) is 1.61. The topological polar surface area (TPSA) is 64.6 Å². The molecule has 1 heterocycles. The van der Waals surface area contributed by atoms with Crippen LogP contribution in [0.25, 0.3) is 0 Å². The third kappa shape index (κ3) is 4.86. The minimum absolute atomic E-state index is 0.0891. The van der Waals surface area contributed by atoms with E-state index < -0.39 is 5.97 Å². The van der Waals surface area contributed by atoms with Crippen LogP contribution >= 0.6 is 0 Å². The normalized spacial score (nSPS) is 17.5. The maximum absolute atomic E-state index is 11.8. The third-order valence-corrected chi connectivity index (χ3v) is 3.48. The Morgan fingerprint density at radius 2 is 2.10 bits per heavy atom. The van der Waals surface area contributed by atoms with E-state index in [1.165, 1.54) is 0 Å². The molecule has 1 unspecified atom stereocenters. The summed E-state index contributed by atoms with van der Waals surface area (Å²) in [4.78, 5) is 23.4. The van der Waals surface area contributed by atoms with E-state index in [9.17, 15) is 9.59 Å². The Hall–Kier alpha value is -1.88. The number of hydrogen-bond donors (Lipinski definition) is 1. The standard InChI is InChI=1S/C16H21NO4/c1-2-12-5-7-13(8-6-12)16(19)21-11-15(18)17-10-14-4-3-9-20-14/h5-8,14H,2-4,9-11H2,1H3,(H,17,18). The first-order valence-electron chi connectivity index (χ1n) is 7.33. The lowest BCUT2D eigenvalue weighted by atomic mass is 10.1. The highest BCUT2D eigenvalue weighted by Gasteiger charge is 2.16. The summed E-state index contributed by atoms with van der Waals surface area (Å²) in [5, 5.41) is 2.71. The fourth-order valence-corrected chi connectivity index (χ4v) is 2.17. The SMILES string of the molecule is CCc1ccc(C(=O)OCC(=O)NCC2CCCO2)cc1. The predicted molar refractivity (Wildman–Crippen MR) is 78.1 cm³/mol. The quantitative estimate of drug-likeness (QED) is 0.810. The predicted octanol–water partition coefficient (Wildman–Crippen LogP) is 1.70. The molecule has 1 aromatic carbocycles. The number of aryl methyl sites for hydroxylation is 1. The molecule has 5 heteroatoms. The summed E-state index contributed by atoms with van der Waals surface area (Å²) in [6.07, 6.45) is 3.00. The molecular weight excluding hydrogens is 270 g/mol. The summed E-state index contributed by atoms with van der Waals surface area (Å²) >= 11 is 0. The molecular formula is C16H21NO4. The number of nitrogens with one attached hydrogen (secondary N) is 1. The molecule has 1 atom stereocenters. The molecule has 2 rings (SSSR count). The van der Waals surface area contributed by atoms with E-state index in [0.717, 1.165) is 31.4 Å². The molecule has 0 spiro atoms. The Morgan fingerprint density at radius 1 is 1.33 bits per heavy atom. The molecule has 0 aliphatic carbocycles. The zero-order chi connectivity index (χ0) is 15.1. The van der Waals surface area contributed by atoms with Gasteiger partial charge in [-0.25, -0.2) is 4.79 Å². The van der Waals surface area contributed by atoms with Gasteiger partial charge < -0.3 is 14.8 Å². The molecule has 1 fully saturated rings. The Kier molecular flexibility index (Phi) is 5.75. The number of carbonyl (C=O) groups is 2. The average molecular weight is 291 g/mol. The second-order valence-corrected chi connectivity index (χ2v) is 5.07. The number of hydrogen-bond acceptors (Lipinski definition) is 4. The Bertz CT molecular complexity index is 478. The fourth-order valence-electron chi connectivity index (χ4n) is 2.17. The number of ether oxygens (including phenoxy) is 2. The van der Waals surface area contributed by atoms with Crippen LogP contribution in [0, 0.1) is 0 Å². The largest absolute Gasteiger partial charge is 0.452 e. The van der Waals surface area contributed by atoms with Gasteiger partial charge in [-0.15, -0.1) is 0 Å². The molecule has 1 amide bonds. The summed E-state index contributed by atoms with van der Waals surface area (Å²) in [6, 6.07) is 7.19. The summed E-state index contributed by atoms with van der Waals surface area (Å²) < 4.78 is 10.4. The van der Waals surface area contributed by atoms with Crippen LogP contribution < -0.4 is 5.32 Å². The van der Waals surface area contributed by atoms with Crippen LogP contribution in [0.5, 0.6) is 0 Å². The molecule has 0 aromatic heterocycles. The van der Waals surface area contributed by atoms with Gasteiger partial charge in [-0.3, -0.25) is 4.79 Å². The Morgan fingerprint density at radius 3 is 2.71 bits per heavy atom.